The van der Waals surface area contributed by atoms with Crippen molar-refractivity contribution in [2.24, 2.45) is 11.3 Å². The van der Waals surface area contributed by atoms with Crippen molar-refractivity contribution in [3.05, 3.63) is 48.5 Å². The molecule has 1 atom stereocenters. The van der Waals surface area contributed by atoms with E-state index in [1.54, 1.807) is 25.3 Å². The highest BCUT2D eigenvalue weighted by Crippen LogP contribution is 2.34. The molecule has 2 heterocycles. The topological polar surface area (TPSA) is 88.6 Å². The van der Waals surface area contributed by atoms with E-state index in [1.165, 1.54) is 12.4 Å². The SMILES string of the molecule is COCCOc1cc(F)c2c(Nc3ccc(NC(=O)N4CCC(C(C)(C)C)C4)cc3)ncnc2c1. The molecule has 186 valence electrons. The summed E-state index contributed by atoms with van der Waals surface area (Å²) in [5, 5.41) is 6.38. The van der Waals surface area contributed by atoms with Gasteiger partial charge in [0.05, 0.1) is 17.5 Å². The van der Waals surface area contributed by atoms with Crippen molar-refractivity contribution in [1.29, 1.82) is 0 Å². The number of nitrogens with one attached hydrogen (secondary N) is 2. The highest BCUT2D eigenvalue weighted by molar-refractivity contribution is 5.92. The Morgan fingerprint density at radius 2 is 1.89 bits per heavy atom. The molecule has 0 bridgehead atoms. The average Bonchev–Trinajstić information content (AvgIpc) is 3.32. The third-order valence-corrected chi connectivity index (χ3v) is 6.32. The number of fused-ring (bicyclic) bond motifs is 1. The van der Waals surface area contributed by atoms with E-state index < -0.39 is 5.82 Å². The first-order chi connectivity index (χ1) is 16.7. The number of rotatable bonds is 7. The molecular weight excluding hydrogens is 449 g/mol. The molecule has 4 rings (SSSR count). The molecule has 0 radical (unpaired) electrons. The lowest BCUT2D eigenvalue weighted by molar-refractivity contribution is 0.146. The first-order valence-electron chi connectivity index (χ1n) is 11.7. The fourth-order valence-corrected chi connectivity index (χ4v) is 4.17. The van der Waals surface area contributed by atoms with Crippen LogP contribution in [0.1, 0.15) is 27.2 Å². The Hall–Kier alpha value is -3.46. The first kappa shape index (κ1) is 24.7. The maximum Gasteiger partial charge on any atom is 0.321 e. The summed E-state index contributed by atoms with van der Waals surface area (Å²) < 4.78 is 25.4. The average molecular weight is 482 g/mol. The minimum atomic E-state index is -0.485. The number of amides is 2. The maximum atomic E-state index is 14.9. The molecule has 1 aliphatic rings. The van der Waals surface area contributed by atoms with Crippen molar-refractivity contribution in [3.8, 4) is 5.75 Å². The number of carbonyl (C=O) groups is 1. The zero-order valence-corrected chi connectivity index (χ0v) is 20.6. The molecule has 35 heavy (non-hydrogen) atoms. The van der Waals surface area contributed by atoms with Crippen LogP contribution in [0.2, 0.25) is 0 Å². The van der Waals surface area contributed by atoms with Crippen LogP contribution in [0, 0.1) is 17.2 Å². The zero-order valence-electron chi connectivity index (χ0n) is 20.6. The zero-order chi connectivity index (χ0) is 25.0. The van der Waals surface area contributed by atoms with Crippen molar-refractivity contribution in [1.82, 2.24) is 14.9 Å². The highest BCUT2D eigenvalue weighted by Gasteiger charge is 2.33. The standard InChI is InChI=1S/C26H32FN5O3/c1-26(2,3)17-9-10-32(15-17)25(33)31-19-7-5-18(6-8-19)30-24-23-21(27)13-20(35-12-11-34-4)14-22(23)28-16-29-24/h5-8,13-14,16-17H,9-12,15H2,1-4H3,(H,31,33)(H,28,29,30). The van der Waals surface area contributed by atoms with Crippen LogP contribution in [-0.4, -0.2) is 54.3 Å². The molecule has 3 aromatic rings. The van der Waals surface area contributed by atoms with E-state index in [-0.39, 0.29) is 16.8 Å². The van der Waals surface area contributed by atoms with Crippen LogP contribution in [0.4, 0.5) is 26.4 Å². The molecule has 1 aliphatic heterocycles. The van der Waals surface area contributed by atoms with Crippen LogP contribution in [0.5, 0.6) is 5.75 Å². The van der Waals surface area contributed by atoms with Gasteiger partial charge in [-0.2, -0.15) is 0 Å². The first-order valence-corrected chi connectivity index (χ1v) is 11.7. The smallest absolute Gasteiger partial charge is 0.321 e. The van der Waals surface area contributed by atoms with Crippen LogP contribution >= 0.6 is 0 Å². The number of methoxy groups -OCH3 is 1. The Morgan fingerprint density at radius 3 is 2.57 bits per heavy atom. The van der Waals surface area contributed by atoms with Gasteiger partial charge in [0.25, 0.3) is 0 Å². The molecule has 2 aromatic carbocycles. The monoisotopic (exact) mass is 481 g/mol. The summed E-state index contributed by atoms with van der Waals surface area (Å²) in [5.74, 6) is 0.735. The van der Waals surface area contributed by atoms with E-state index in [4.69, 9.17) is 9.47 Å². The molecule has 1 aromatic heterocycles. The van der Waals surface area contributed by atoms with Crippen molar-refractivity contribution < 1.29 is 18.7 Å². The third kappa shape index (κ3) is 5.97. The van der Waals surface area contributed by atoms with Gasteiger partial charge in [0, 0.05) is 43.7 Å². The van der Waals surface area contributed by atoms with Gasteiger partial charge in [-0.15, -0.1) is 0 Å². The van der Waals surface area contributed by atoms with Gasteiger partial charge >= 0.3 is 6.03 Å². The lowest BCUT2D eigenvalue weighted by atomic mass is 9.80. The summed E-state index contributed by atoms with van der Waals surface area (Å²) in [6, 6.07) is 10.1. The fraction of sp³-hybridized carbons (Fsp3) is 0.423. The van der Waals surface area contributed by atoms with E-state index in [9.17, 15) is 9.18 Å². The number of likely N-dealkylation sites (tertiary alicyclic amines) is 1. The minimum absolute atomic E-state index is 0.0927. The fourth-order valence-electron chi connectivity index (χ4n) is 4.17. The summed E-state index contributed by atoms with van der Waals surface area (Å²) in [7, 11) is 1.58. The summed E-state index contributed by atoms with van der Waals surface area (Å²) >= 11 is 0. The van der Waals surface area contributed by atoms with Crippen molar-refractivity contribution >= 4 is 34.1 Å². The van der Waals surface area contributed by atoms with Gasteiger partial charge in [-0.3, -0.25) is 0 Å². The Labute approximate surface area is 204 Å². The molecule has 0 saturated carbocycles. The number of hydrogen-bond acceptors (Lipinski definition) is 6. The second-order valence-electron chi connectivity index (χ2n) is 9.79. The highest BCUT2D eigenvalue weighted by atomic mass is 19.1. The molecule has 0 aliphatic carbocycles. The molecule has 2 amide bonds. The van der Waals surface area contributed by atoms with Crippen molar-refractivity contribution in [2.75, 3.05) is 44.0 Å². The molecule has 1 fully saturated rings. The normalized spacial score (nSPS) is 15.9. The molecule has 0 spiro atoms. The van der Waals surface area contributed by atoms with Crippen LogP contribution in [0.3, 0.4) is 0 Å². The van der Waals surface area contributed by atoms with Gasteiger partial charge in [0.15, 0.2) is 0 Å². The van der Waals surface area contributed by atoms with E-state index >= 15 is 0 Å². The number of anilines is 3. The number of urea groups is 1. The number of benzene rings is 2. The molecule has 1 unspecified atom stereocenters. The molecule has 8 nitrogen and oxygen atoms in total. The predicted molar refractivity (Wildman–Crippen MR) is 135 cm³/mol. The summed E-state index contributed by atoms with van der Waals surface area (Å²) in [5.41, 5.74) is 2.01. The Balaban J connectivity index is 1.42. The lowest BCUT2D eigenvalue weighted by Gasteiger charge is -2.27. The largest absolute Gasteiger partial charge is 0.491 e. The van der Waals surface area contributed by atoms with Gasteiger partial charge in [0.2, 0.25) is 0 Å². The van der Waals surface area contributed by atoms with E-state index in [0.29, 0.717) is 47.6 Å². The number of nitrogens with zero attached hydrogens (tertiary/aromatic N) is 3. The van der Waals surface area contributed by atoms with Gasteiger partial charge in [-0.1, -0.05) is 20.8 Å². The predicted octanol–water partition coefficient (Wildman–Crippen LogP) is 5.44. The summed E-state index contributed by atoms with van der Waals surface area (Å²) in [6.07, 6.45) is 2.39. The molecule has 1 saturated heterocycles. The number of halogens is 1. The molecule has 9 heteroatoms. The second-order valence-corrected chi connectivity index (χ2v) is 9.79. The number of carbonyl (C=O) groups excluding carboxylic acids is 1. The van der Waals surface area contributed by atoms with Crippen molar-refractivity contribution in [2.45, 2.75) is 27.2 Å². The van der Waals surface area contributed by atoms with Crippen LogP contribution < -0.4 is 15.4 Å². The van der Waals surface area contributed by atoms with Gasteiger partial charge in [0.1, 0.15) is 30.3 Å². The second kappa shape index (κ2) is 10.4. The molecule has 2 N–H and O–H groups in total. The Morgan fingerprint density at radius 1 is 1.14 bits per heavy atom. The quantitative estimate of drug-likeness (QED) is 0.437. The Bertz CT molecular complexity index is 1180. The summed E-state index contributed by atoms with van der Waals surface area (Å²) in [4.78, 5) is 22.9. The van der Waals surface area contributed by atoms with Gasteiger partial charge < -0.3 is 25.0 Å². The Kier molecular flexibility index (Phi) is 7.35. The van der Waals surface area contributed by atoms with Crippen LogP contribution in [0.15, 0.2) is 42.7 Å². The maximum absolute atomic E-state index is 14.9. The third-order valence-electron chi connectivity index (χ3n) is 6.32. The van der Waals surface area contributed by atoms with Gasteiger partial charge in [-0.05, 0) is 42.0 Å². The molecular formula is C26H32FN5O3. The number of hydrogen-bond donors (Lipinski definition) is 2. The van der Waals surface area contributed by atoms with Gasteiger partial charge in [-0.25, -0.2) is 19.2 Å². The van der Waals surface area contributed by atoms with E-state index in [0.717, 1.165) is 19.5 Å². The van der Waals surface area contributed by atoms with E-state index in [2.05, 4.69) is 41.4 Å². The van der Waals surface area contributed by atoms with Crippen LogP contribution in [-0.2, 0) is 4.74 Å². The summed E-state index contributed by atoms with van der Waals surface area (Å²) in [6.45, 7) is 8.89. The van der Waals surface area contributed by atoms with E-state index in [1.807, 2.05) is 17.0 Å². The van der Waals surface area contributed by atoms with Crippen molar-refractivity contribution in [3.63, 3.8) is 0 Å². The lowest BCUT2D eigenvalue weighted by Crippen LogP contribution is -2.34. The van der Waals surface area contributed by atoms with Crippen LogP contribution in [0.25, 0.3) is 10.9 Å². The number of aromatic nitrogens is 2. The number of ether oxygens (including phenoxy) is 2. The minimum Gasteiger partial charge on any atom is -0.491 e.